The fourth-order valence-corrected chi connectivity index (χ4v) is 3.53. The van der Waals surface area contributed by atoms with Crippen LogP contribution >= 0.6 is 0 Å². The van der Waals surface area contributed by atoms with Gasteiger partial charge in [0.15, 0.2) is 0 Å². The molecule has 0 aliphatic heterocycles. The van der Waals surface area contributed by atoms with Gasteiger partial charge in [0.25, 0.3) is 0 Å². The highest BCUT2D eigenvalue weighted by Crippen LogP contribution is 2.43. The summed E-state index contributed by atoms with van der Waals surface area (Å²) in [5, 5.41) is 0. The predicted molar refractivity (Wildman–Crippen MR) is 89.9 cm³/mol. The lowest BCUT2D eigenvalue weighted by molar-refractivity contribution is 0.494. The number of rotatable bonds is 1. The largest absolute Gasteiger partial charge is 0.0664 e. The van der Waals surface area contributed by atoms with Gasteiger partial charge in [0, 0.05) is 0 Å². The topological polar surface area (TPSA) is 0 Å². The van der Waals surface area contributed by atoms with Gasteiger partial charge in [-0.25, -0.2) is 0 Å². The highest BCUT2D eigenvalue weighted by Gasteiger charge is 2.27. The van der Waals surface area contributed by atoms with Crippen molar-refractivity contribution in [1.82, 2.24) is 0 Å². The Morgan fingerprint density at radius 2 is 1.30 bits per heavy atom. The van der Waals surface area contributed by atoms with Crippen LogP contribution in [0.25, 0.3) is 5.57 Å². The fraction of sp³-hybridized carbons (Fsp3) is 0.500. The second-order valence-electron chi connectivity index (χ2n) is 6.70. The van der Waals surface area contributed by atoms with Crippen LogP contribution in [0.2, 0.25) is 0 Å². The third-order valence-electron chi connectivity index (χ3n) is 5.56. The summed E-state index contributed by atoms with van der Waals surface area (Å²) in [4.78, 5) is 0. The third-order valence-corrected chi connectivity index (χ3v) is 5.56. The van der Waals surface area contributed by atoms with E-state index in [2.05, 4.69) is 67.5 Å². The Labute approximate surface area is 124 Å². The van der Waals surface area contributed by atoms with Crippen molar-refractivity contribution in [3.8, 4) is 0 Å². The highest BCUT2D eigenvalue weighted by atomic mass is 14.3. The van der Waals surface area contributed by atoms with E-state index in [-0.39, 0.29) is 0 Å². The predicted octanol–water partition coefficient (Wildman–Crippen LogP) is 6.01. The standard InChI is InChI=1S/C20H28/c1-11-9-12(2)13(3)19(10-11)20-17(7)15(5)14(4)16(6)18(20)8/h9-10,14-15H,1-8H3. The summed E-state index contributed by atoms with van der Waals surface area (Å²) in [6.45, 7) is 18.3. The molecule has 0 amide bonds. The Morgan fingerprint density at radius 1 is 0.750 bits per heavy atom. The molecule has 1 aromatic carbocycles. The van der Waals surface area contributed by atoms with Crippen molar-refractivity contribution in [2.45, 2.75) is 55.4 Å². The average Bonchev–Trinajstić information content (AvgIpc) is 2.39. The Morgan fingerprint density at radius 3 is 1.90 bits per heavy atom. The molecule has 0 fully saturated rings. The Kier molecular flexibility index (Phi) is 3.95. The molecule has 0 saturated heterocycles. The van der Waals surface area contributed by atoms with Crippen molar-refractivity contribution in [3.05, 3.63) is 51.1 Å². The monoisotopic (exact) mass is 268 g/mol. The molecule has 108 valence electrons. The van der Waals surface area contributed by atoms with E-state index in [9.17, 15) is 0 Å². The SMILES string of the molecule is CC1=C(C)C(C)C(C)C(C)=C1c1cc(C)cc(C)c1C. The van der Waals surface area contributed by atoms with Crippen LogP contribution in [0.5, 0.6) is 0 Å². The highest BCUT2D eigenvalue weighted by molar-refractivity contribution is 5.85. The van der Waals surface area contributed by atoms with Gasteiger partial charge >= 0.3 is 0 Å². The maximum Gasteiger partial charge on any atom is -0.0147 e. The van der Waals surface area contributed by atoms with Gasteiger partial charge in [-0.1, -0.05) is 42.7 Å². The zero-order valence-electron chi connectivity index (χ0n) is 14.3. The van der Waals surface area contributed by atoms with Crippen LogP contribution in [-0.2, 0) is 0 Å². The molecule has 0 spiro atoms. The molecule has 1 aliphatic carbocycles. The summed E-state index contributed by atoms with van der Waals surface area (Å²) >= 11 is 0. The van der Waals surface area contributed by atoms with Gasteiger partial charge in [-0.3, -0.25) is 0 Å². The summed E-state index contributed by atoms with van der Waals surface area (Å²) in [6.07, 6.45) is 0. The van der Waals surface area contributed by atoms with Crippen LogP contribution in [0.15, 0.2) is 28.9 Å². The summed E-state index contributed by atoms with van der Waals surface area (Å²) in [5.74, 6) is 1.29. The summed E-state index contributed by atoms with van der Waals surface area (Å²) in [7, 11) is 0. The molecule has 2 rings (SSSR count). The van der Waals surface area contributed by atoms with E-state index in [0.717, 1.165) is 0 Å². The van der Waals surface area contributed by atoms with E-state index < -0.39 is 0 Å². The van der Waals surface area contributed by atoms with Crippen LogP contribution in [0.1, 0.15) is 56.9 Å². The molecule has 1 aliphatic rings. The van der Waals surface area contributed by atoms with Crippen LogP contribution in [0.4, 0.5) is 0 Å². The zero-order chi connectivity index (χ0) is 15.2. The quantitative estimate of drug-likeness (QED) is 0.585. The second kappa shape index (κ2) is 5.24. The van der Waals surface area contributed by atoms with Crippen LogP contribution in [-0.4, -0.2) is 0 Å². The summed E-state index contributed by atoms with van der Waals surface area (Å²) < 4.78 is 0. The lowest BCUT2D eigenvalue weighted by Crippen LogP contribution is -2.19. The molecule has 0 heterocycles. The van der Waals surface area contributed by atoms with E-state index in [1.165, 1.54) is 33.4 Å². The van der Waals surface area contributed by atoms with Crippen LogP contribution in [0.3, 0.4) is 0 Å². The second-order valence-corrected chi connectivity index (χ2v) is 6.70. The first-order valence-corrected chi connectivity index (χ1v) is 7.72. The summed E-state index contributed by atoms with van der Waals surface area (Å²) in [5.41, 5.74) is 11.7. The molecule has 0 N–H and O–H groups in total. The van der Waals surface area contributed by atoms with E-state index in [0.29, 0.717) is 11.8 Å². The van der Waals surface area contributed by atoms with Gasteiger partial charge in [0.2, 0.25) is 0 Å². The molecule has 0 nitrogen and oxygen atoms in total. The van der Waals surface area contributed by atoms with Crippen molar-refractivity contribution in [1.29, 1.82) is 0 Å². The number of allylic oxidation sites excluding steroid dienone is 4. The van der Waals surface area contributed by atoms with Gasteiger partial charge in [0.05, 0.1) is 0 Å². The van der Waals surface area contributed by atoms with E-state index in [1.807, 2.05) is 0 Å². The van der Waals surface area contributed by atoms with Gasteiger partial charge < -0.3 is 0 Å². The maximum atomic E-state index is 2.37. The molecule has 0 aromatic heterocycles. The van der Waals surface area contributed by atoms with Crippen molar-refractivity contribution in [3.63, 3.8) is 0 Å². The van der Waals surface area contributed by atoms with Crippen molar-refractivity contribution in [2.75, 3.05) is 0 Å². The van der Waals surface area contributed by atoms with Crippen molar-refractivity contribution >= 4 is 5.57 Å². The molecule has 1 aromatic rings. The van der Waals surface area contributed by atoms with E-state index in [4.69, 9.17) is 0 Å². The normalized spacial score (nSPS) is 23.6. The Balaban J connectivity index is 2.74. The van der Waals surface area contributed by atoms with Crippen LogP contribution < -0.4 is 0 Å². The van der Waals surface area contributed by atoms with Crippen LogP contribution in [0, 0.1) is 32.6 Å². The molecular formula is C20H28. The molecule has 2 unspecified atom stereocenters. The molecule has 0 radical (unpaired) electrons. The number of aryl methyl sites for hydroxylation is 2. The molecule has 0 bridgehead atoms. The van der Waals surface area contributed by atoms with Crippen molar-refractivity contribution < 1.29 is 0 Å². The van der Waals surface area contributed by atoms with E-state index >= 15 is 0 Å². The number of hydrogen-bond donors (Lipinski definition) is 0. The number of hydrogen-bond acceptors (Lipinski definition) is 0. The minimum atomic E-state index is 0.633. The smallest absolute Gasteiger partial charge is 0.0147 e. The average molecular weight is 268 g/mol. The first-order valence-electron chi connectivity index (χ1n) is 7.72. The van der Waals surface area contributed by atoms with Gasteiger partial charge in [-0.05, 0) is 81.2 Å². The van der Waals surface area contributed by atoms with Gasteiger partial charge in [-0.15, -0.1) is 0 Å². The lowest BCUT2D eigenvalue weighted by atomic mass is 9.72. The summed E-state index contributed by atoms with van der Waals surface area (Å²) in [6, 6.07) is 4.65. The minimum Gasteiger partial charge on any atom is -0.0664 e. The molecular weight excluding hydrogens is 240 g/mol. The first-order chi connectivity index (χ1) is 9.25. The minimum absolute atomic E-state index is 0.633. The van der Waals surface area contributed by atoms with Gasteiger partial charge in [0.1, 0.15) is 0 Å². The van der Waals surface area contributed by atoms with E-state index in [1.54, 1.807) is 11.1 Å². The Hall–Kier alpha value is -1.30. The Bertz CT molecular complexity index is 611. The fourth-order valence-electron chi connectivity index (χ4n) is 3.53. The molecule has 20 heavy (non-hydrogen) atoms. The molecule has 0 heteroatoms. The lowest BCUT2D eigenvalue weighted by Gasteiger charge is -2.33. The molecule has 0 saturated carbocycles. The van der Waals surface area contributed by atoms with Gasteiger partial charge in [-0.2, -0.15) is 0 Å². The zero-order valence-corrected chi connectivity index (χ0v) is 14.3. The van der Waals surface area contributed by atoms with Crippen molar-refractivity contribution in [2.24, 2.45) is 11.8 Å². The first kappa shape index (κ1) is 15.1. The third kappa shape index (κ3) is 2.26. The molecule has 2 atom stereocenters. The number of benzene rings is 1. The maximum absolute atomic E-state index is 2.37.